The van der Waals surface area contributed by atoms with Gasteiger partial charge in [-0.15, -0.1) is 0 Å². The summed E-state index contributed by atoms with van der Waals surface area (Å²) in [6.07, 6.45) is 4.45. The Kier molecular flexibility index (Phi) is 10.7. The molecule has 0 saturated heterocycles. The minimum Gasteiger partial charge on any atom is -0.478 e. The van der Waals surface area contributed by atoms with Crippen LogP contribution >= 0.6 is 46.4 Å². The summed E-state index contributed by atoms with van der Waals surface area (Å²) in [4.78, 5) is 63.6. The highest BCUT2D eigenvalue weighted by molar-refractivity contribution is 6.44. The molecule has 2 aliphatic carbocycles. The van der Waals surface area contributed by atoms with Crippen LogP contribution in [0, 0.1) is 22.7 Å². The third-order valence-corrected chi connectivity index (χ3v) is 9.43. The zero-order chi connectivity index (χ0) is 32.2. The molecule has 2 fully saturated rings. The number of benzene rings is 2. The lowest BCUT2D eigenvalue weighted by Gasteiger charge is -2.24. The predicted octanol–water partition coefficient (Wildman–Crippen LogP) is 6.26. The van der Waals surface area contributed by atoms with Crippen molar-refractivity contribution < 1.29 is 43.7 Å². The van der Waals surface area contributed by atoms with Gasteiger partial charge in [0.2, 0.25) is 0 Å². The minimum absolute atomic E-state index is 0.0380. The van der Waals surface area contributed by atoms with Crippen LogP contribution in [0.1, 0.15) is 33.6 Å². The fraction of sp³-hybridized carbons (Fsp3) is 0.323. The number of carbonyl (C=O) groups excluding carboxylic acids is 3. The summed E-state index contributed by atoms with van der Waals surface area (Å²) >= 11 is 24.9. The first kappa shape index (κ1) is 33.8. The second-order valence-corrected chi connectivity index (χ2v) is 12.2. The molecule has 4 rings (SSSR count). The summed E-state index contributed by atoms with van der Waals surface area (Å²) < 4.78 is 11.4. The smallest absolute Gasteiger partial charge is 0.328 e. The van der Waals surface area contributed by atoms with Crippen molar-refractivity contribution in [3.05, 3.63) is 91.9 Å². The van der Waals surface area contributed by atoms with Gasteiger partial charge in [-0.25, -0.2) is 9.59 Å². The average molecular weight is 684 g/mol. The largest absolute Gasteiger partial charge is 0.478 e. The molecule has 232 valence electrons. The highest BCUT2D eigenvalue weighted by Crippen LogP contribution is 2.66. The van der Waals surface area contributed by atoms with Crippen LogP contribution in [0.2, 0.25) is 20.1 Å². The van der Waals surface area contributed by atoms with Crippen LogP contribution in [0.15, 0.2) is 60.7 Å². The second kappa shape index (κ2) is 13.9. The van der Waals surface area contributed by atoms with Crippen molar-refractivity contribution in [3.8, 4) is 0 Å². The molecule has 4 atom stereocenters. The van der Waals surface area contributed by atoms with E-state index in [9.17, 15) is 24.0 Å². The number of halogens is 4. The van der Waals surface area contributed by atoms with Gasteiger partial charge in [0.05, 0.1) is 57.3 Å². The molecule has 2 aromatic rings. The van der Waals surface area contributed by atoms with E-state index in [1.54, 1.807) is 12.1 Å². The first-order chi connectivity index (χ1) is 20.9. The van der Waals surface area contributed by atoms with Gasteiger partial charge in [-0.3, -0.25) is 14.4 Å². The van der Waals surface area contributed by atoms with E-state index in [2.05, 4.69) is 0 Å². The van der Waals surface area contributed by atoms with Crippen LogP contribution in [-0.2, 0) is 23.9 Å². The highest BCUT2D eigenvalue weighted by Gasteiger charge is 2.74. The predicted molar refractivity (Wildman–Crippen MR) is 163 cm³/mol. The highest BCUT2D eigenvalue weighted by atomic mass is 35.5. The third kappa shape index (κ3) is 7.09. The van der Waals surface area contributed by atoms with Gasteiger partial charge >= 0.3 is 11.9 Å². The molecule has 0 heterocycles. The quantitative estimate of drug-likeness (QED) is 0.119. The van der Waals surface area contributed by atoms with Crippen LogP contribution in [0.4, 0.5) is 0 Å². The number of Topliss-reactive ketones (excluding diaryl/α,β-unsaturated/α-hetero) is 3. The molecule has 0 radical (unpaired) electrons. The van der Waals surface area contributed by atoms with E-state index >= 15 is 0 Å². The minimum atomic E-state index is -1.38. The Labute approximate surface area is 272 Å². The molecule has 9 nitrogen and oxygen atoms in total. The van der Waals surface area contributed by atoms with E-state index in [4.69, 9.17) is 66.1 Å². The van der Waals surface area contributed by atoms with Crippen molar-refractivity contribution in [2.75, 3.05) is 26.4 Å². The molecule has 2 N–H and O–H groups in total. The maximum absolute atomic E-state index is 14.5. The summed E-state index contributed by atoms with van der Waals surface area (Å²) in [5.41, 5.74) is -2.51. The first-order valence-electron chi connectivity index (χ1n) is 13.3. The monoisotopic (exact) mass is 682 g/mol. The summed E-state index contributed by atoms with van der Waals surface area (Å²) in [6, 6.07) is 9.17. The Morgan fingerprint density at radius 1 is 0.705 bits per heavy atom. The molecule has 0 amide bonds. The lowest BCUT2D eigenvalue weighted by molar-refractivity contribution is -0.135. The van der Waals surface area contributed by atoms with E-state index in [0.29, 0.717) is 0 Å². The number of hydrogen-bond donors (Lipinski definition) is 2. The normalized spacial score (nSPS) is 24.0. The Bertz CT molecular complexity index is 1460. The Morgan fingerprint density at radius 2 is 1.09 bits per heavy atom. The lowest BCUT2D eigenvalue weighted by Crippen LogP contribution is -2.38. The van der Waals surface area contributed by atoms with Crippen LogP contribution < -0.4 is 0 Å². The SMILES string of the molecule is O=C(O)C=CCOCC1(C(=O)C2(COCC=CC(=O)O)CC2C(=O)c2cccc(Cl)c2Cl)CC1C(=O)c1cccc(Cl)c1Cl. The van der Waals surface area contributed by atoms with Gasteiger partial charge in [0.15, 0.2) is 17.3 Å². The third-order valence-electron chi connectivity index (χ3n) is 7.79. The molecule has 13 heteroatoms. The molecule has 2 saturated carbocycles. The number of hydrogen-bond acceptors (Lipinski definition) is 7. The number of carbonyl (C=O) groups is 5. The molecule has 0 aromatic heterocycles. The van der Waals surface area contributed by atoms with Gasteiger partial charge in [0.1, 0.15) is 0 Å². The van der Waals surface area contributed by atoms with Crippen molar-refractivity contribution in [2.24, 2.45) is 22.7 Å². The van der Waals surface area contributed by atoms with Gasteiger partial charge in [-0.1, -0.05) is 70.7 Å². The van der Waals surface area contributed by atoms with Crippen LogP contribution in [0.3, 0.4) is 0 Å². The molecular formula is C31H26Cl4O9. The maximum atomic E-state index is 14.5. The Balaban J connectivity index is 1.67. The molecule has 0 spiro atoms. The summed E-state index contributed by atoms with van der Waals surface area (Å²) in [6.45, 7) is -0.790. The summed E-state index contributed by atoms with van der Waals surface area (Å²) in [5.74, 6) is -5.41. The van der Waals surface area contributed by atoms with Crippen molar-refractivity contribution in [3.63, 3.8) is 0 Å². The first-order valence-corrected chi connectivity index (χ1v) is 14.8. The maximum Gasteiger partial charge on any atom is 0.328 e. The van der Waals surface area contributed by atoms with E-state index in [1.165, 1.54) is 36.4 Å². The molecule has 0 aliphatic heterocycles. The molecular weight excluding hydrogens is 658 g/mol. The average Bonchev–Trinajstić information content (AvgIpc) is 3.89. The van der Waals surface area contributed by atoms with Crippen LogP contribution in [0.25, 0.3) is 0 Å². The Hall–Kier alpha value is -3.05. The number of rotatable bonds is 16. The fourth-order valence-electron chi connectivity index (χ4n) is 5.43. The van der Waals surface area contributed by atoms with Gasteiger partial charge < -0.3 is 19.7 Å². The van der Waals surface area contributed by atoms with E-state index in [-0.39, 0.29) is 70.5 Å². The number of aliphatic carboxylic acids is 2. The van der Waals surface area contributed by atoms with E-state index in [1.807, 2.05) is 0 Å². The van der Waals surface area contributed by atoms with Gasteiger partial charge in [0, 0.05) is 35.1 Å². The number of ether oxygens (including phenoxy) is 2. The van der Waals surface area contributed by atoms with Crippen LogP contribution in [-0.4, -0.2) is 65.9 Å². The summed E-state index contributed by atoms with van der Waals surface area (Å²) in [5, 5.41) is 18.2. The second-order valence-electron chi connectivity index (χ2n) is 10.6. The molecule has 44 heavy (non-hydrogen) atoms. The van der Waals surface area contributed by atoms with E-state index in [0.717, 1.165) is 12.2 Å². The van der Waals surface area contributed by atoms with Gasteiger partial charge in [-0.05, 0) is 37.1 Å². The standard InChI is InChI=1S/C31H26Cl4O9/c32-21-7-1-5-17(25(21)34)27(40)19-13-30(19,15-43-11-3-9-23(36)37)29(42)31(16-44-12-4-10-24(38)39)14-20(31)28(41)18-6-2-8-22(33)26(18)35/h1-10,19-20H,11-16H2,(H,36,37)(H,38,39). The van der Waals surface area contributed by atoms with Crippen LogP contribution in [0.5, 0.6) is 0 Å². The number of ketones is 3. The molecule has 2 aromatic carbocycles. The van der Waals surface area contributed by atoms with E-state index < -0.39 is 52.0 Å². The van der Waals surface area contributed by atoms with Crippen molar-refractivity contribution in [1.82, 2.24) is 0 Å². The molecule has 4 unspecified atom stereocenters. The van der Waals surface area contributed by atoms with Crippen molar-refractivity contribution in [2.45, 2.75) is 12.8 Å². The van der Waals surface area contributed by atoms with Gasteiger partial charge in [0.25, 0.3) is 0 Å². The topological polar surface area (TPSA) is 144 Å². The number of carboxylic acid groups (broad SMARTS) is 2. The lowest BCUT2D eigenvalue weighted by atomic mass is 9.82. The summed E-state index contributed by atoms with van der Waals surface area (Å²) in [7, 11) is 0. The zero-order valence-electron chi connectivity index (χ0n) is 22.9. The zero-order valence-corrected chi connectivity index (χ0v) is 26.0. The van der Waals surface area contributed by atoms with Crippen molar-refractivity contribution >= 4 is 75.7 Å². The molecule has 2 aliphatic rings. The molecule has 0 bridgehead atoms. The number of carboxylic acids is 2. The Morgan fingerprint density at radius 3 is 1.45 bits per heavy atom. The van der Waals surface area contributed by atoms with Gasteiger partial charge in [-0.2, -0.15) is 0 Å². The van der Waals surface area contributed by atoms with Crippen molar-refractivity contribution in [1.29, 1.82) is 0 Å². The fourth-order valence-corrected chi connectivity index (χ4v) is 6.21.